The molecule has 1 unspecified atom stereocenters. The summed E-state index contributed by atoms with van der Waals surface area (Å²) in [5, 5.41) is 3.73. The van der Waals surface area contributed by atoms with Gasteiger partial charge in [-0.1, -0.05) is 26.0 Å². The Morgan fingerprint density at radius 1 is 1.40 bits per heavy atom. The summed E-state index contributed by atoms with van der Waals surface area (Å²) >= 11 is 1.58. The minimum atomic E-state index is -0.121. The zero-order chi connectivity index (χ0) is 11.1. The number of halogens is 1. The van der Waals surface area contributed by atoms with Gasteiger partial charge >= 0.3 is 0 Å². The summed E-state index contributed by atoms with van der Waals surface area (Å²) < 4.78 is 13.3. The molecular formula is C12H18FNS. The lowest BCUT2D eigenvalue weighted by Crippen LogP contribution is -2.23. The van der Waals surface area contributed by atoms with Gasteiger partial charge in [0.15, 0.2) is 0 Å². The minimum absolute atomic E-state index is 0.121. The summed E-state index contributed by atoms with van der Waals surface area (Å²) in [6, 6.07) is 6.93. The van der Waals surface area contributed by atoms with Crippen LogP contribution >= 0.6 is 11.8 Å². The van der Waals surface area contributed by atoms with Gasteiger partial charge in [0.25, 0.3) is 0 Å². The van der Waals surface area contributed by atoms with Gasteiger partial charge in [0.2, 0.25) is 0 Å². The third-order valence-corrected chi connectivity index (χ3v) is 3.18. The van der Waals surface area contributed by atoms with Crippen LogP contribution in [0.1, 0.15) is 20.3 Å². The van der Waals surface area contributed by atoms with E-state index in [-0.39, 0.29) is 5.82 Å². The second-order valence-electron chi connectivity index (χ2n) is 3.56. The second kappa shape index (κ2) is 6.85. The molecule has 0 spiro atoms. The Kier molecular flexibility index (Phi) is 5.73. The average molecular weight is 227 g/mol. The molecular weight excluding hydrogens is 209 g/mol. The molecule has 0 saturated carbocycles. The van der Waals surface area contributed by atoms with Gasteiger partial charge in [-0.2, -0.15) is 0 Å². The van der Waals surface area contributed by atoms with Crippen molar-refractivity contribution in [2.24, 2.45) is 0 Å². The van der Waals surface area contributed by atoms with Crippen LogP contribution in [0.25, 0.3) is 0 Å². The molecule has 1 nitrogen and oxygen atoms in total. The largest absolute Gasteiger partial charge is 0.316 e. The highest BCUT2D eigenvalue weighted by atomic mass is 32.2. The predicted molar refractivity (Wildman–Crippen MR) is 64.9 cm³/mol. The molecule has 0 amide bonds. The molecule has 0 aliphatic rings. The van der Waals surface area contributed by atoms with Crippen LogP contribution in [-0.4, -0.2) is 18.3 Å². The zero-order valence-electron chi connectivity index (χ0n) is 9.29. The highest BCUT2D eigenvalue weighted by Crippen LogP contribution is 2.25. The van der Waals surface area contributed by atoms with Crippen LogP contribution in [0.15, 0.2) is 29.2 Å². The summed E-state index contributed by atoms with van der Waals surface area (Å²) in [7, 11) is 0. The van der Waals surface area contributed by atoms with Gasteiger partial charge in [0.05, 0.1) is 0 Å². The van der Waals surface area contributed by atoms with Gasteiger partial charge in [0.1, 0.15) is 5.82 Å². The maximum absolute atomic E-state index is 13.3. The Hall–Kier alpha value is -0.540. The van der Waals surface area contributed by atoms with Crippen molar-refractivity contribution >= 4 is 11.8 Å². The van der Waals surface area contributed by atoms with Crippen molar-refractivity contribution in [2.75, 3.05) is 13.1 Å². The van der Waals surface area contributed by atoms with Crippen molar-refractivity contribution in [1.82, 2.24) is 5.32 Å². The fraction of sp³-hybridized carbons (Fsp3) is 0.500. The smallest absolute Gasteiger partial charge is 0.136 e. The van der Waals surface area contributed by atoms with Crippen LogP contribution in [0.4, 0.5) is 4.39 Å². The first-order valence-corrected chi connectivity index (χ1v) is 6.24. The molecule has 1 atom stereocenters. The fourth-order valence-corrected chi connectivity index (χ4v) is 2.25. The molecule has 0 aliphatic carbocycles. The second-order valence-corrected chi connectivity index (χ2v) is 5.04. The predicted octanol–water partition coefficient (Wildman–Crippen LogP) is 3.31. The number of thioether (sulfide) groups is 1. The molecule has 0 aliphatic heterocycles. The Balaban J connectivity index is 2.37. The zero-order valence-corrected chi connectivity index (χ0v) is 10.1. The van der Waals surface area contributed by atoms with Crippen molar-refractivity contribution in [3.05, 3.63) is 30.1 Å². The van der Waals surface area contributed by atoms with E-state index in [1.54, 1.807) is 17.8 Å². The Bertz CT molecular complexity index is 291. The number of hydrogen-bond donors (Lipinski definition) is 1. The van der Waals surface area contributed by atoms with Crippen LogP contribution in [0.2, 0.25) is 0 Å². The van der Waals surface area contributed by atoms with E-state index in [1.165, 1.54) is 6.07 Å². The lowest BCUT2D eigenvalue weighted by molar-refractivity contribution is 0.600. The van der Waals surface area contributed by atoms with Crippen LogP contribution in [0.5, 0.6) is 0 Å². The van der Waals surface area contributed by atoms with Gasteiger partial charge in [-0.15, -0.1) is 11.8 Å². The number of rotatable bonds is 6. The van der Waals surface area contributed by atoms with Crippen molar-refractivity contribution in [2.45, 2.75) is 30.4 Å². The maximum atomic E-state index is 13.3. The van der Waals surface area contributed by atoms with Crippen LogP contribution < -0.4 is 5.32 Å². The molecule has 0 saturated heterocycles. The van der Waals surface area contributed by atoms with Crippen molar-refractivity contribution in [3.8, 4) is 0 Å². The normalized spacial score (nSPS) is 12.7. The lowest BCUT2D eigenvalue weighted by Gasteiger charge is -2.12. The van der Waals surface area contributed by atoms with Gasteiger partial charge in [0, 0.05) is 16.7 Å². The first-order chi connectivity index (χ1) is 7.24. The first-order valence-electron chi connectivity index (χ1n) is 5.36. The van der Waals surface area contributed by atoms with Crippen molar-refractivity contribution in [1.29, 1.82) is 0 Å². The summed E-state index contributed by atoms with van der Waals surface area (Å²) in [4.78, 5) is 0.739. The summed E-state index contributed by atoms with van der Waals surface area (Å²) in [6.45, 7) is 6.20. The van der Waals surface area contributed by atoms with E-state index in [0.717, 1.165) is 24.4 Å². The Morgan fingerprint density at radius 2 is 2.13 bits per heavy atom. The molecule has 1 aromatic rings. The minimum Gasteiger partial charge on any atom is -0.316 e. The number of hydrogen-bond acceptors (Lipinski definition) is 2. The molecule has 15 heavy (non-hydrogen) atoms. The van der Waals surface area contributed by atoms with E-state index in [0.29, 0.717) is 5.25 Å². The van der Waals surface area contributed by atoms with Gasteiger partial charge < -0.3 is 5.32 Å². The van der Waals surface area contributed by atoms with E-state index in [9.17, 15) is 4.39 Å². The third-order valence-electron chi connectivity index (χ3n) is 2.02. The molecule has 0 aromatic heterocycles. The fourth-order valence-electron chi connectivity index (χ4n) is 1.28. The van der Waals surface area contributed by atoms with Gasteiger partial charge in [-0.3, -0.25) is 0 Å². The van der Waals surface area contributed by atoms with Crippen molar-refractivity contribution in [3.63, 3.8) is 0 Å². The van der Waals surface area contributed by atoms with Crippen LogP contribution in [0, 0.1) is 5.82 Å². The van der Waals surface area contributed by atoms with Gasteiger partial charge in [-0.05, 0) is 25.1 Å². The number of nitrogens with one attached hydrogen (secondary N) is 1. The average Bonchev–Trinajstić information content (AvgIpc) is 2.22. The Morgan fingerprint density at radius 3 is 2.80 bits per heavy atom. The highest BCUT2D eigenvalue weighted by molar-refractivity contribution is 8.00. The molecule has 84 valence electrons. The van der Waals surface area contributed by atoms with E-state index in [1.807, 2.05) is 12.1 Å². The SMILES string of the molecule is CCCNCC(C)Sc1ccccc1F. The van der Waals surface area contributed by atoms with E-state index in [2.05, 4.69) is 19.2 Å². The molecule has 3 heteroatoms. The Labute approximate surface area is 95.5 Å². The van der Waals surface area contributed by atoms with Crippen molar-refractivity contribution < 1.29 is 4.39 Å². The molecule has 1 rings (SSSR count). The van der Waals surface area contributed by atoms with E-state index < -0.39 is 0 Å². The lowest BCUT2D eigenvalue weighted by atomic mass is 10.3. The summed E-state index contributed by atoms with van der Waals surface area (Å²) in [5.74, 6) is -0.121. The van der Waals surface area contributed by atoms with Crippen LogP contribution in [-0.2, 0) is 0 Å². The highest BCUT2D eigenvalue weighted by Gasteiger charge is 2.07. The standard InChI is InChI=1S/C12H18FNS/c1-3-8-14-9-10(2)15-12-7-5-4-6-11(12)13/h4-7,10,14H,3,8-9H2,1-2H3. The van der Waals surface area contributed by atoms with E-state index >= 15 is 0 Å². The molecule has 0 fully saturated rings. The van der Waals surface area contributed by atoms with E-state index in [4.69, 9.17) is 0 Å². The molecule has 0 heterocycles. The number of benzene rings is 1. The molecule has 1 N–H and O–H groups in total. The maximum Gasteiger partial charge on any atom is 0.136 e. The quantitative estimate of drug-likeness (QED) is 0.591. The van der Waals surface area contributed by atoms with Gasteiger partial charge in [-0.25, -0.2) is 4.39 Å². The summed E-state index contributed by atoms with van der Waals surface area (Å²) in [5.41, 5.74) is 0. The molecule has 0 bridgehead atoms. The monoisotopic (exact) mass is 227 g/mol. The first kappa shape index (κ1) is 12.5. The topological polar surface area (TPSA) is 12.0 Å². The molecule has 0 radical (unpaired) electrons. The molecule has 1 aromatic carbocycles. The third kappa shape index (κ3) is 4.67. The van der Waals surface area contributed by atoms with Crippen LogP contribution in [0.3, 0.4) is 0 Å². The summed E-state index contributed by atoms with van der Waals surface area (Å²) in [6.07, 6.45) is 1.14.